The van der Waals surface area contributed by atoms with Crippen LogP contribution in [-0.2, 0) is 0 Å². The van der Waals surface area contributed by atoms with Crippen molar-refractivity contribution < 1.29 is 9.13 Å². The van der Waals surface area contributed by atoms with Crippen LogP contribution in [0.1, 0.15) is 32.6 Å². The number of benzene rings is 1. The van der Waals surface area contributed by atoms with E-state index < -0.39 is 0 Å². The van der Waals surface area contributed by atoms with Gasteiger partial charge in [0.05, 0.1) is 7.11 Å². The molecule has 0 bridgehead atoms. The minimum absolute atomic E-state index is 0.290. The Morgan fingerprint density at radius 3 is 2.75 bits per heavy atom. The summed E-state index contributed by atoms with van der Waals surface area (Å²) in [7, 11) is 1.48. The van der Waals surface area contributed by atoms with Gasteiger partial charge >= 0.3 is 0 Å². The molecule has 2 nitrogen and oxygen atoms in total. The number of ether oxygens (including phenoxy) is 1. The first-order chi connectivity index (χ1) is 7.77. The molecule has 0 unspecified atom stereocenters. The summed E-state index contributed by atoms with van der Waals surface area (Å²) >= 11 is 0. The largest absolute Gasteiger partial charge is 0.494 e. The van der Waals surface area contributed by atoms with Gasteiger partial charge in [0.1, 0.15) is 0 Å². The standard InChI is InChI=1S/C13H20FNO/c1-3-4-5-6-9-15-11-7-8-12(14)13(10-11)16-2/h7-8,10,15H,3-6,9H2,1-2H3. The van der Waals surface area contributed by atoms with E-state index in [1.54, 1.807) is 12.1 Å². The summed E-state index contributed by atoms with van der Waals surface area (Å²) in [5.41, 5.74) is 0.912. The number of halogens is 1. The molecule has 0 atom stereocenters. The van der Waals surface area contributed by atoms with Crippen LogP contribution < -0.4 is 10.1 Å². The molecule has 0 aromatic heterocycles. The zero-order chi connectivity index (χ0) is 11.8. The fourth-order valence-corrected chi connectivity index (χ4v) is 1.55. The van der Waals surface area contributed by atoms with Crippen molar-refractivity contribution in [1.29, 1.82) is 0 Å². The van der Waals surface area contributed by atoms with Gasteiger partial charge in [0.25, 0.3) is 0 Å². The maximum absolute atomic E-state index is 13.1. The molecule has 1 rings (SSSR count). The Morgan fingerprint density at radius 1 is 1.25 bits per heavy atom. The number of hydrogen-bond donors (Lipinski definition) is 1. The average Bonchev–Trinajstić information content (AvgIpc) is 2.31. The van der Waals surface area contributed by atoms with Crippen LogP contribution in [-0.4, -0.2) is 13.7 Å². The normalized spacial score (nSPS) is 10.2. The maximum atomic E-state index is 13.1. The van der Waals surface area contributed by atoms with E-state index in [2.05, 4.69) is 12.2 Å². The Balaban J connectivity index is 2.36. The van der Waals surface area contributed by atoms with Gasteiger partial charge in [0, 0.05) is 18.3 Å². The monoisotopic (exact) mass is 225 g/mol. The van der Waals surface area contributed by atoms with Crippen molar-refractivity contribution in [2.45, 2.75) is 32.6 Å². The second-order valence-corrected chi connectivity index (χ2v) is 3.84. The second-order valence-electron chi connectivity index (χ2n) is 3.84. The van der Waals surface area contributed by atoms with E-state index in [0.717, 1.165) is 18.7 Å². The van der Waals surface area contributed by atoms with Crippen LogP contribution in [0.5, 0.6) is 5.75 Å². The molecule has 0 aliphatic carbocycles. The molecule has 0 aliphatic heterocycles. The zero-order valence-corrected chi connectivity index (χ0v) is 10.1. The van der Waals surface area contributed by atoms with E-state index in [0.29, 0.717) is 5.75 Å². The Hall–Kier alpha value is -1.25. The van der Waals surface area contributed by atoms with Crippen LogP contribution in [0.2, 0.25) is 0 Å². The number of methoxy groups -OCH3 is 1. The minimum atomic E-state index is -0.320. The van der Waals surface area contributed by atoms with Crippen molar-refractivity contribution >= 4 is 5.69 Å². The van der Waals surface area contributed by atoms with Gasteiger partial charge in [0.15, 0.2) is 11.6 Å². The molecular weight excluding hydrogens is 205 g/mol. The molecule has 0 saturated heterocycles. The van der Waals surface area contributed by atoms with Crippen molar-refractivity contribution in [3.8, 4) is 5.75 Å². The third-order valence-electron chi connectivity index (χ3n) is 2.51. The molecule has 16 heavy (non-hydrogen) atoms. The SMILES string of the molecule is CCCCCCNc1ccc(F)c(OC)c1. The fraction of sp³-hybridized carbons (Fsp3) is 0.538. The first-order valence-electron chi connectivity index (χ1n) is 5.85. The van der Waals surface area contributed by atoms with Gasteiger partial charge in [-0.2, -0.15) is 0 Å². The van der Waals surface area contributed by atoms with Gasteiger partial charge in [-0.1, -0.05) is 26.2 Å². The summed E-state index contributed by atoms with van der Waals surface area (Å²) in [5.74, 6) is -0.0300. The Kier molecular flexibility index (Phi) is 5.68. The van der Waals surface area contributed by atoms with Gasteiger partial charge in [-0.25, -0.2) is 4.39 Å². The molecule has 1 aromatic carbocycles. The van der Waals surface area contributed by atoms with Crippen LogP contribution >= 0.6 is 0 Å². The van der Waals surface area contributed by atoms with Crippen LogP contribution in [0.3, 0.4) is 0 Å². The molecule has 0 heterocycles. The predicted molar refractivity (Wildman–Crippen MR) is 65.6 cm³/mol. The van der Waals surface area contributed by atoms with Gasteiger partial charge in [-0.3, -0.25) is 0 Å². The topological polar surface area (TPSA) is 21.3 Å². The molecule has 90 valence electrons. The van der Waals surface area contributed by atoms with Crippen LogP contribution in [0.25, 0.3) is 0 Å². The molecule has 3 heteroatoms. The highest BCUT2D eigenvalue weighted by Gasteiger charge is 2.02. The number of unbranched alkanes of at least 4 members (excludes halogenated alkanes) is 3. The van der Waals surface area contributed by atoms with E-state index in [4.69, 9.17) is 4.74 Å². The van der Waals surface area contributed by atoms with Crippen molar-refractivity contribution in [3.05, 3.63) is 24.0 Å². The van der Waals surface area contributed by atoms with Gasteiger partial charge < -0.3 is 10.1 Å². The van der Waals surface area contributed by atoms with E-state index in [9.17, 15) is 4.39 Å². The second kappa shape index (κ2) is 7.09. The first-order valence-corrected chi connectivity index (χ1v) is 5.85. The zero-order valence-electron chi connectivity index (χ0n) is 10.1. The maximum Gasteiger partial charge on any atom is 0.165 e. The quantitative estimate of drug-likeness (QED) is 0.712. The van der Waals surface area contributed by atoms with Crippen LogP contribution in [0.4, 0.5) is 10.1 Å². The highest BCUT2D eigenvalue weighted by molar-refractivity contribution is 5.48. The third kappa shape index (κ3) is 4.09. The molecule has 0 spiro atoms. The van der Waals surface area contributed by atoms with E-state index in [1.807, 2.05) is 0 Å². The summed E-state index contributed by atoms with van der Waals surface area (Å²) in [5, 5.41) is 3.26. The minimum Gasteiger partial charge on any atom is -0.494 e. The molecular formula is C13H20FNO. The Bertz CT molecular complexity index is 315. The summed E-state index contributed by atoms with van der Waals surface area (Å²) in [6.07, 6.45) is 4.90. The lowest BCUT2D eigenvalue weighted by atomic mass is 10.2. The first kappa shape index (κ1) is 12.8. The summed E-state index contributed by atoms with van der Waals surface area (Å²) in [6.45, 7) is 3.12. The number of anilines is 1. The molecule has 1 N–H and O–H groups in total. The number of nitrogens with one attached hydrogen (secondary N) is 1. The van der Waals surface area contributed by atoms with Gasteiger partial charge in [-0.15, -0.1) is 0 Å². The fourth-order valence-electron chi connectivity index (χ4n) is 1.55. The van der Waals surface area contributed by atoms with Crippen LogP contribution in [0, 0.1) is 5.82 Å². The third-order valence-corrected chi connectivity index (χ3v) is 2.51. The molecule has 0 saturated carbocycles. The van der Waals surface area contributed by atoms with Crippen molar-refractivity contribution in [3.63, 3.8) is 0 Å². The number of hydrogen-bond acceptors (Lipinski definition) is 2. The Labute approximate surface area is 96.8 Å². The predicted octanol–water partition coefficient (Wildman–Crippen LogP) is 3.83. The van der Waals surface area contributed by atoms with Crippen molar-refractivity contribution in [2.24, 2.45) is 0 Å². The number of rotatable bonds is 7. The van der Waals surface area contributed by atoms with E-state index in [-0.39, 0.29) is 5.82 Å². The van der Waals surface area contributed by atoms with Gasteiger partial charge in [-0.05, 0) is 18.6 Å². The van der Waals surface area contributed by atoms with Crippen molar-refractivity contribution in [1.82, 2.24) is 0 Å². The summed E-state index contributed by atoms with van der Waals surface area (Å²) in [6, 6.07) is 4.85. The van der Waals surface area contributed by atoms with Crippen molar-refractivity contribution in [2.75, 3.05) is 19.0 Å². The van der Waals surface area contributed by atoms with Crippen LogP contribution in [0.15, 0.2) is 18.2 Å². The highest BCUT2D eigenvalue weighted by atomic mass is 19.1. The lowest BCUT2D eigenvalue weighted by Gasteiger charge is -2.08. The molecule has 0 amide bonds. The molecule has 1 aromatic rings. The lowest BCUT2D eigenvalue weighted by molar-refractivity contribution is 0.387. The Morgan fingerprint density at radius 2 is 2.06 bits per heavy atom. The smallest absolute Gasteiger partial charge is 0.165 e. The van der Waals surface area contributed by atoms with E-state index >= 15 is 0 Å². The summed E-state index contributed by atoms with van der Waals surface area (Å²) < 4.78 is 18.0. The van der Waals surface area contributed by atoms with E-state index in [1.165, 1.54) is 32.4 Å². The molecule has 0 aliphatic rings. The molecule has 0 fully saturated rings. The van der Waals surface area contributed by atoms with Gasteiger partial charge in [0.2, 0.25) is 0 Å². The summed E-state index contributed by atoms with van der Waals surface area (Å²) in [4.78, 5) is 0. The lowest BCUT2D eigenvalue weighted by Crippen LogP contribution is -2.02. The average molecular weight is 225 g/mol. The highest BCUT2D eigenvalue weighted by Crippen LogP contribution is 2.21. The molecule has 0 radical (unpaired) electrons.